The van der Waals surface area contributed by atoms with E-state index in [4.69, 9.17) is 4.74 Å². The quantitative estimate of drug-likeness (QED) is 0.522. The Morgan fingerprint density at radius 3 is 2.34 bits per heavy atom. The van der Waals surface area contributed by atoms with Gasteiger partial charge in [-0.3, -0.25) is 9.59 Å². The van der Waals surface area contributed by atoms with Gasteiger partial charge < -0.3 is 25.2 Å². The Labute approximate surface area is 171 Å². The molecular weight excluding hydrogens is 376 g/mol. The van der Waals surface area contributed by atoms with Crippen LogP contribution in [0.2, 0.25) is 0 Å². The Hall–Kier alpha value is -1.28. The van der Waals surface area contributed by atoms with Gasteiger partial charge in [0.25, 0.3) is 0 Å². The first-order chi connectivity index (χ1) is 13.1. The number of aliphatic hydroxyl groups excluding tert-OH is 2. The number of aliphatic carboxylic acids is 1. The number of carboxylic acid groups (broad SMARTS) is 1. The van der Waals surface area contributed by atoms with Gasteiger partial charge in [0.1, 0.15) is 5.60 Å². The van der Waals surface area contributed by atoms with Crippen molar-refractivity contribution in [1.29, 1.82) is 0 Å². The van der Waals surface area contributed by atoms with Crippen LogP contribution in [-0.4, -0.2) is 61.2 Å². The smallest absolute Gasteiger partial charge is 0.303 e. The summed E-state index contributed by atoms with van der Waals surface area (Å²) in [5.41, 5.74) is -6.93. The molecule has 0 aromatic carbocycles. The number of carbonyl (C=O) groups excluding carboxylic acids is 1. The maximum atomic E-state index is 13.6. The van der Waals surface area contributed by atoms with E-state index in [1.165, 1.54) is 13.0 Å². The lowest BCUT2D eigenvalue weighted by molar-refractivity contribution is -0.361. The fraction of sp³-hybridized carbons (Fsp3) is 0.818. The van der Waals surface area contributed by atoms with Crippen molar-refractivity contribution in [1.82, 2.24) is 0 Å². The van der Waals surface area contributed by atoms with Crippen LogP contribution < -0.4 is 0 Å². The van der Waals surface area contributed by atoms with Crippen LogP contribution in [0.25, 0.3) is 0 Å². The Morgan fingerprint density at radius 2 is 1.83 bits per heavy atom. The van der Waals surface area contributed by atoms with Gasteiger partial charge in [0, 0.05) is 23.7 Å². The molecule has 7 heteroatoms. The van der Waals surface area contributed by atoms with Crippen LogP contribution in [0.15, 0.2) is 12.7 Å². The van der Waals surface area contributed by atoms with Gasteiger partial charge in [-0.25, -0.2) is 0 Å². The van der Waals surface area contributed by atoms with E-state index in [9.17, 15) is 30.0 Å². The SMILES string of the molecule is C=C[C@@]1(C)CC(=O)[C@]2(O)[C@@]3(C)[C@@H](O)CCC(C)(C)[C@@H]3[C@H](O)[C@H](CC(=O)O)[C@@]2(C)O1. The summed E-state index contributed by atoms with van der Waals surface area (Å²) in [7, 11) is 0. The monoisotopic (exact) mass is 410 g/mol. The summed E-state index contributed by atoms with van der Waals surface area (Å²) in [5.74, 6) is -3.41. The molecule has 164 valence electrons. The van der Waals surface area contributed by atoms with Crippen molar-refractivity contribution in [2.24, 2.45) is 22.7 Å². The number of fused-ring (bicyclic) bond motifs is 3. The van der Waals surface area contributed by atoms with Crippen LogP contribution >= 0.6 is 0 Å². The molecule has 1 saturated heterocycles. The molecule has 1 aliphatic heterocycles. The molecule has 0 aromatic heterocycles. The molecule has 0 unspecified atom stereocenters. The molecule has 2 saturated carbocycles. The third kappa shape index (κ3) is 2.63. The lowest BCUT2D eigenvalue weighted by atomic mass is 9.38. The molecular formula is C22H34O7. The summed E-state index contributed by atoms with van der Waals surface area (Å²) in [6, 6.07) is 0. The van der Waals surface area contributed by atoms with E-state index < -0.39 is 69.9 Å². The van der Waals surface area contributed by atoms with Crippen molar-refractivity contribution in [2.75, 3.05) is 0 Å². The molecule has 4 N–H and O–H groups in total. The highest BCUT2D eigenvalue weighted by molar-refractivity contribution is 5.92. The summed E-state index contributed by atoms with van der Waals surface area (Å²) in [5, 5.41) is 44.3. The zero-order valence-corrected chi connectivity index (χ0v) is 17.9. The Bertz CT molecular complexity index is 747. The van der Waals surface area contributed by atoms with E-state index in [0.29, 0.717) is 12.8 Å². The second-order valence-corrected chi connectivity index (χ2v) is 10.5. The fourth-order valence-corrected chi connectivity index (χ4v) is 6.94. The summed E-state index contributed by atoms with van der Waals surface area (Å²) < 4.78 is 6.28. The van der Waals surface area contributed by atoms with Gasteiger partial charge in [0.05, 0.1) is 24.2 Å². The third-order valence-electron chi connectivity index (χ3n) is 8.39. The van der Waals surface area contributed by atoms with Gasteiger partial charge in [0.15, 0.2) is 11.4 Å². The summed E-state index contributed by atoms with van der Waals surface area (Å²) in [4.78, 5) is 25.3. The second kappa shape index (κ2) is 6.36. The van der Waals surface area contributed by atoms with Crippen molar-refractivity contribution in [3.8, 4) is 0 Å². The number of hydrogen-bond acceptors (Lipinski definition) is 6. The van der Waals surface area contributed by atoms with E-state index in [2.05, 4.69) is 6.58 Å². The number of rotatable bonds is 3. The number of carboxylic acids is 1. The average Bonchev–Trinajstić information content (AvgIpc) is 2.59. The van der Waals surface area contributed by atoms with Gasteiger partial charge in [-0.05, 0) is 32.1 Å². The van der Waals surface area contributed by atoms with Gasteiger partial charge in [0.2, 0.25) is 0 Å². The first-order valence-corrected chi connectivity index (χ1v) is 10.3. The Kier molecular flexibility index (Phi) is 4.91. The molecule has 8 atom stereocenters. The predicted molar refractivity (Wildman–Crippen MR) is 105 cm³/mol. The van der Waals surface area contributed by atoms with Crippen molar-refractivity contribution in [3.63, 3.8) is 0 Å². The molecule has 7 nitrogen and oxygen atoms in total. The maximum absolute atomic E-state index is 13.6. The van der Waals surface area contributed by atoms with Crippen LogP contribution in [0.5, 0.6) is 0 Å². The first-order valence-electron chi connectivity index (χ1n) is 10.3. The number of ketones is 1. The number of ether oxygens (including phenoxy) is 1. The van der Waals surface area contributed by atoms with Gasteiger partial charge in [-0.2, -0.15) is 0 Å². The Balaban J connectivity index is 2.33. The van der Waals surface area contributed by atoms with Crippen molar-refractivity contribution in [2.45, 2.75) is 89.3 Å². The lowest BCUT2D eigenvalue weighted by Crippen LogP contribution is -2.85. The molecule has 3 aliphatic rings. The number of carbonyl (C=O) groups is 2. The molecule has 1 heterocycles. The zero-order chi connectivity index (χ0) is 22.2. The van der Waals surface area contributed by atoms with Crippen molar-refractivity contribution < 1.29 is 34.8 Å². The summed E-state index contributed by atoms with van der Waals surface area (Å²) in [6.07, 6.45) is -0.446. The predicted octanol–water partition coefficient (Wildman–Crippen LogP) is 1.68. The van der Waals surface area contributed by atoms with Gasteiger partial charge >= 0.3 is 5.97 Å². The molecule has 0 radical (unpaired) electrons. The molecule has 0 bridgehead atoms. The highest BCUT2D eigenvalue weighted by Crippen LogP contribution is 2.68. The van der Waals surface area contributed by atoms with E-state index in [1.807, 2.05) is 13.8 Å². The number of Topliss-reactive ketones (excluding diaryl/α,β-unsaturated/α-hetero) is 1. The zero-order valence-electron chi connectivity index (χ0n) is 17.9. The lowest BCUT2D eigenvalue weighted by Gasteiger charge is -2.71. The first kappa shape index (κ1) is 22.4. The normalized spacial score (nSPS) is 51.7. The second-order valence-electron chi connectivity index (χ2n) is 10.5. The number of hydrogen-bond donors (Lipinski definition) is 4. The third-order valence-corrected chi connectivity index (χ3v) is 8.39. The minimum Gasteiger partial charge on any atom is -0.481 e. The minimum absolute atomic E-state index is 0.145. The molecule has 2 aliphatic carbocycles. The maximum Gasteiger partial charge on any atom is 0.303 e. The standard InChI is InChI=1S/C22H34O7/c1-7-19(4)11-14(24)22(28)20(5)13(23)8-9-18(2,3)17(20)16(27)12(10-15(25)26)21(22,6)29-19/h7,12-13,16-17,23,27-28H,1,8-11H2,2-6H3,(H,25,26)/t12-,13-,16+,17-,19-,20-,21+,22-/m0/s1. The number of aliphatic hydroxyl groups is 3. The van der Waals surface area contributed by atoms with Crippen LogP contribution in [0.1, 0.15) is 60.3 Å². The largest absolute Gasteiger partial charge is 0.481 e. The van der Waals surface area contributed by atoms with Crippen LogP contribution in [-0.2, 0) is 14.3 Å². The van der Waals surface area contributed by atoms with Crippen molar-refractivity contribution >= 4 is 11.8 Å². The molecule has 0 aromatic rings. The molecule has 0 amide bonds. The summed E-state index contributed by atoms with van der Waals surface area (Å²) in [6.45, 7) is 12.4. The molecule has 3 rings (SSSR count). The van der Waals surface area contributed by atoms with E-state index >= 15 is 0 Å². The van der Waals surface area contributed by atoms with Crippen LogP contribution in [0.4, 0.5) is 0 Å². The van der Waals surface area contributed by atoms with E-state index in [1.54, 1.807) is 13.8 Å². The van der Waals surface area contributed by atoms with Crippen molar-refractivity contribution in [3.05, 3.63) is 12.7 Å². The summed E-state index contributed by atoms with van der Waals surface area (Å²) >= 11 is 0. The van der Waals surface area contributed by atoms with Gasteiger partial charge in [-0.15, -0.1) is 6.58 Å². The topological polar surface area (TPSA) is 124 Å². The van der Waals surface area contributed by atoms with Crippen LogP contribution in [0, 0.1) is 22.7 Å². The molecule has 3 fully saturated rings. The minimum atomic E-state index is -2.16. The fourth-order valence-electron chi connectivity index (χ4n) is 6.94. The highest BCUT2D eigenvalue weighted by Gasteiger charge is 2.80. The van der Waals surface area contributed by atoms with Gasteiger partial charge in [-0.1, -0.05) is 26.8 Å². The van der Waals surface area contributed by atoms with E-state index in [-0.39, 0.29) is 6.42 Å². The Morgan fingerprint density at radius 1 is 1.24 bits per heavy atom. The van der Waals surface area contributed by atoms with Crippen LogP contribution in [0.3, 0.4) is 0 Å². The van der Waals surface area contributed by atoms with E-state index in [0.717, 1.165) is 0 Å². The molecule has 0 spiro atoms. The average molecular weight is 411 g/mol. The highest BCUT2D eigenvalue weighted by atomic mass is 16.5. The molecule has 29 heavy (non-hydrogen) atoms.